The van der Waals surface area contributed by atoms with Crippen LogP contribution in [0.25, 0.3) is 0 Å². The number of amides is 1. The number of hydrogen-bond donors (Lipinski definition) is 2. The van der Waals surface area contributed by atoms with Gasteiger partial charge in [0.25, 0.3) is 5.91 Å². The molecule has 108 valence electrons. The van der Waals surface area contributed by atoms with E-state index in [2.05, 4.69) is 17.2 Å². The Balaban J connectivity index is 1.81. The molecular formula is C15H19ClN2O2. The Bertz CT molecular complexity index is 487. The SMILES string of the molecule is C=CCNC(=O)COc1ccc(CNC2CC2)cc1Cl. The summed E-state index contributed by atoms with van der Waals surface area (Å²) in [6.45, 7) is 4.72. The van der Waals surface area contributed by atoms with Crippen molar-refractivity contribution in [1.29, 1.82) is 0 Å². The Kier molecular flexibility index (Phi) is 5.44. The van der Waals surface area contributed by atoms with Gasteiger partial charge in [0.15, 0.2) is 6.61 Å². The van der Waals surface area contributed by atoms with E-state index in [1.54, 1.807) is 12.1 Å². The zero-order valence-electron chi connectivity index (χ0n) is 11.3. The van der Waals surface area contributed by atoms with Gasteiger partial charge in [-0.1, -0.05) is 23.7 Å². The van der Waals surface area contributed by atoms with Crippen LogP contribution < -0.4 is 15.4 Å². The Morgan fingerprint density at radius 2 is 2.30 bits per heavy atom. The minimum absolute atomic E-state index is 0.0484. The summed E-state index contributed by atoms with van der Waals surface area (Å²) in [5.41, 5.74) is 1.12. The van der Waals surface area contributed by atoms with Crippen molar-refractivity contribution in [2.45, 2.75) is 25.4 Å². The smallest absolute Gasteiger partial charge is 0.258 e. The number of halogens is 1. The van der Waals surface area contributed by atoms with Gasteiger partial charge in [-0.3, -0.25) is 4.79 Å². The summed E-state index contributed by atoms with van der Waals surface area (Å²) in [5.74, 6) is 0.330. The van der Waals surface area contributed by atoms with Gasteiger partial charge in [-0.15, -0.1) is 6.58 Å². The normalized spacial score (nSPS) is 13.8. The summed E-state index contributed by atoms with van der Waals surface area (Å²) < 4.78 is 5.39. The Morgan fingerprint density at radius 3 is 2.95 bits per heavy atom. The molecule has 1 aromatic rings. The zero-order valence-corrected chi connectivity index (χ0v) is 12.1. The number of carbonyl (C=O) groups is 1. The average Bonchev–Trinajstić information content (AvgIpc) is 3.26. The van der Waals surface area contributed by atoms with Crippen LogP contribution in [0.15, 0.2) is 30.9 Å². The first-order valence-electron chi connectivity index (χ1n) is 6.71. The molecule has 1 fully saturated rings. The number of carbonyl (C=O) groups excluding carboxylic acids is 1. The minimum atomic E-state index is -0.194. The van der Waals surface area contributed by atoms with Crippen molar-refractivity contribution in [2.24, 2.45) is 0 Å². The van der Waals surface area contributed by atoms with Gasteiger partial charge in [0.1, 0.15) is 5.75 Å². The van der Waals surface area contributed by atoms with Crippen LogP contribution in [0.5, 0.6) is 5.75 Å². The van der Waals surface area contributed by atoms with Crippen molar-refractivity contribution in [3.63, 3.8) is 0 Å². The minimum Gasteiger partial charge on any atom is -0.482 e. The van der Waals surface area contributed by atoms with E-state index in [9.17, 15) is 4.79 Å². The predicted molar refractivity (Wildman–Crippen MR) is 80.0 cm³/mol. The molecule has 0 atom stereocenters. The van der Waals surface area contributed by atoms with Crippen LogP contribution >= 0.6 is 11.6 Å². The van der Waals surface area contributed by atoms with Crippen molar-refractivity contribution < 1.29 is 9.53 Å². The molecule has 0 heterocycles. The van der Waals surface area contributed by atoms with Crippen LogP contribution in [-0.2, 0) is 11.3 Å². The molecule has 2 N–H and O–H groups in total. The molecule has 1 saturated carbocycles. The fourth-order valence-corrected chi connectivity index (χ4v) is 1.96. The fraction of sp³-hybridized carbons (Fsp3) is 0.400. The molecule has 1 aliphatic rings. The topological polar surface area (TPSA) is 50.4 Å². The number of rotatable bonds is 8. The number of benzene rings is 1. The molecule has 4 nitrogen and oxygen atoms in total. The summed E-state index contributed by atoms with van der Waals surface area (Å²) in [7, 11) is 0. The third-order valence-electron chi connectivity index (χ3n) is 2.97. The maximum absolute atomic E-state index is 11.4. The Morgan fingerprint density at radius 1 is 1.50 bits per heavy atom. The van der Waals surface area contributed by atoms with Crippen molar-refractivity contribution in [3.05, 3.63) is 41.4 Å². The van der Waals surface area contributed by atoms with Gasteiger partial charge in [0.2, 0.25) is 0 Å². The molecule has 0 saturated heterocycles. The molecule has 0 spiro atoms. The lowest BCUT2D eigenvalue weighted by atomic mass is 10.2. The molecular weight excluding hydrogens is 276 g/mol. The van der Waals surface area contributed by atoms with Gasteiger partial charge < -0.3 is 15.4 Å². The highest BCUT2D eigenvalue weighted by Crippen LogP contribution is 2.26. The summed E-state index contributed by atoms with van der Waals surface area (Å²) in [4.78, 5) is 11.4. The number of ether oxygens (including phenoxy) is 1. The molecule has 1 amide bonds. The molecule has 5 heteroatoms. The van der Waals surface area contributed by atoms with E-state index in [0.717, 1.165) is 12.1 Å². The van der Waals surface area contributed by atoms with E-state index in [4.69, 9.17) is 16.3 Å². The second kappa shape index (κ2) is 7.31. The molecule has 1 aromatic carbocycles. The highest BCUT2D eigenvalue weighted by atomic mass is 35.5. The fourth-order valence-electron chi connectivity index (χ4n) is 1.70. The van der Waals surface area contributed by atoms with Crippen molar-refractivity contribution in [3.8, 4) is 5.75 Å². The lowest BCUT2D eigenvalue weighted by Gasteiger charge is -2.10. The molecule has 20 heavy (non-hydrogen) atoms. The molecule has 0 aliphatic heterocycles. The lowest BCUT2D eigenvalue weighted by molar-refractivity contribution is -0.122. The summed E-state index contributed by atoms with van der Waals surface area (Å²) in [6.07, 6.45) is 4.13. The van der Waals surface area contributed by atoms with E-state index in [-0.39, 0.29) is 12.5 Å². The van der Waals surface area contributed by atoms with Gasteiger partial charge in [-0.25, -0.2) is 0 Å². The van der Waals surface area contributed by atoms with E-state index < -0.39 is 0 Å². The Labute approximate surface area is 124 Å². The second-order valence-corrected chi connectivity index (χ2v) is 5.21. The first-order valence-corrected chi connectivity index (χ1v) is 7.09. The van der Waals surface area contributed by atoms with Crippen LogP contribution in [0.1, 0.15) is 18.4 Å². The van der Waals surface area contributed by atoms with E-state index in [1.165, 1.54) is 12.8 Å². The summed E-state index contributed by atoms with van der Waals surface area (Å²) in [5, 5.41) is 6.58. The quantitative estimate of drug-likeness (QED) is 0.723. The van der Waals surface area contributed by atoms with E-state index >= 15 is 0 Å². The molecule has 0 radical (unpaired) electrons. The van der Waals surface area contributed by atoms with E-state index in [1.807, 2.05) is 12.1 Å². The van der Waals surface area contributed by atoms with E-state index in [0.29, 0.717) is 23.4 Å². The van der Waals surface area contributed by atoms with Gasteiger partial charge in [0.05, 0.1) is 5.02 Å². The largest absolute Gasteiger partial charge is 0.482 e. The standard InChI is InChI=1S/C15H19ClN2O2/c1-2-7-17-15(19)10-20-14-6-3-11(8-13(14)16)9-18-12-4-5-12/h2-3,6,8,12,18H,1,4-5,7,9-10H2,(H,17,19). The second-order valence-electron chi connectivity index (χ2n) is 4.80. The lowest BCUT2D eigenvalue weighted by Crippen LogP contribution is -2.28. The van der Waals surface area contributed by atoms with Crippen LogP contribution in [-0.4, -0.2) is 25.1 Å². The van der Waals surface area contributed by atoms with Gasteiger partial charge in [-0.2, -0.15) is 0 Å². The molecule has 0 unspecified atom stereocenters. The summed E-state index contributed by atoms with van der Waals surface area (Å²) in [6, 6.07) is 6.29. The van der Waals surface area contributed by atoms with Crippen molar-refractivity contribution in [2.75, 3.05) is 13.2 Å². The number of hydrogen-bond acceptors (Lipinski definition) is 3. The first-order chi connectivity index (χ1) is 9.69. The monoisotopic (exact) mass is 294 g/mol. The van der Waals surface area contributed by atoms with Crippen LogP contribution in [0.4, 0.5) is 0 Å². The Hall–Kier alpha value is -1.52. The number of nitrogens with one attached hydrogen (secondary N) is 2. The van der Waals surface area contributed by atoms with Crippen molar-refractivity contribution >= 4 is 17.5 Å². The average molecular weight is 295 g/mol. The molecule has 0 aromatic heterocycles. The molecule has 2 rings (SSSR count). The summed E-state index contributed by atoms with van der Waals surface area (Å²) >= 11 is 6.15. The molecule has 1 aliphatic carbocycles. The van der Waals surface area contributed by atoms with Gasteiger partial charge in [-0.05, 0) is 30.5 Å². The third-order valence-corrected chi connectivity index (χ3v) is 3.27. The molecule has 0 bridgehead atoms. The highest BCUT2D eigenvalue weighted by molar-refractivity contribution is 6.32. The van der Waals surface area contributed by atoms with Gasteiger partial charge >= 0.3 is 0 Å². The predicted octanol–water partition coefficient (Wildman–Crippen LogP) is 2.27. The van der Waals surface area contributed by atoms with Crippen LogP contribution in [0.3, 0.4) is 0 Å². The highest BCUT2D eigenvalue weighted by Gasteiger charge is 2.20. The van der Waals surface area contributed by atoms with Crippen molar-refractivity contribution in [1.82, 2.24) is 10.6 Å². The third kappa shape index (κ3) is 4.87. The maximum atomic E-state index is 11.4. The zero-order chi connectivity index (χ0) is 14.4. The van der Waals surface area contributed by atoms with Gasteiger partial charge in [0, 0.05) is 19.1 Å². The van der Waals surface area contributed by atoms with Crippen LogP contribution in [0, 0.1) is 0 Å². The van der Waals surface area contributed by atoms with Crippen LogP contribution in [0.2, 0.25) is 5.02 Å². The maximum Gasteiger partial charge on any atom is 0.258 e. The first kappa shape index (κ1) is 14.9.